The minimum atomic E-state index is -0.415. The average molecular weight is 501 g/mol. The monoisotopic (exact) mass is 500 g/mol. The molecule has 5 rings (SSSR count). The lowest BCUT2D eigenvalue weighted by atomic mass is 9.76. The van der Waals surface area contributed by atoms with Crippen molar-refractivity contribution in [2.24, 2.45) is 0 Å². The van der Waals surface area contributed by atoms with E-state index < -0.39 is 5.92 Å². The molecule has 1 unspecified atom stereocenters. The summed E-state index contributed by atoms with van der Waals surface area (Å²) < 4.78 is 0. The second-order valence-electron chi connectivity index (χ2n) is 9.40. The van der Waals surface area contributed by atoms with Gasteiger partial charge in [0.05, 0.1) is 5.56 Å². The predicted molar refractivity (Wildman–Crippen MR) is 147 cm³/mol. The molecular formula is C29H32N4O2S. The largest absolute Gasteiger partial charge is 0.372 e. The molecule has 2 aromatic carbocycles. The van der Waals surface area contributed by atoms with Crippen LogP contribution in [0.4, 0.5) is 11.5 Å². The number of H-pyrrole nitrogens is 1. The van der Waals surface area contributed by atoms with Crippen LogP contribution in [0.5, 0.6) is 0 Å². The molecule has 0 fully saturated rings. The number of hydrogen-bond acceptors (Lipinski definition) is 6. The Morgan fingerprint density at radius 2 is 1.72 bits per heavy atom. The van der Waals surface area contributed by atoms with Crippen LogP contribution in [-0.4, -0.2) is 28.8 Å². The van der Waals surface area contributed by atoms with Crippen molar-refractivity contribution in [3.8, 4) is 0 Å². The number of ketones is 1. The van der Waals surface area contributed by atoms with E-state index in [9.17, 15) is 9.59 Å². The van der Waals surface area contributed by atoms with Gasteiger partial charge in [-0.2, -0.15) is 0 Å². The molecule has 0 saturated heterocycles. The van der Waals surface area contributed by atoms with Gasteiger partial charge in [-0.3, -0.25) is 9.59 Å². The standard InChI is InChI=1S/C29H32N4O2S/c1-4-33(5-2)21-15-13-20(14-16-21)24-25-22(7-6-8-23(25)34)30-27-26(24)28(35)32-29(31-27)36-17-19-11-9-18(3)10-12-19/h9-16,24H,4-8,17H2,1-3H3,(H2,30,31,32,35). The van der Waals surface area contributed by atoms with Crippen LogP contribution in [0.15, 0.2) is 69.8 Å². The third-order valence-electron chi connectivity index (χ3n) is 7.09. The van der Waals surface area contributed by atoms with E-state index >= 15 is 0 Å². The Morgan fingerprint density at radius 1 is 1.00 bits per heavy atom. The van der Waals surface area contributed by atoms with Gasteiger partial charge in [-0.1, -0.05) is 53.7 Å². The zero-order chi connectivity index (χ0) is 25.2. The highest BCUT2D eigenvalue weighted by atomic mass is 32.2. The van der Waals surface area contributed by atoms with Crippen LogP contribution in [-0.2, 0) is 10.5 Å². The summed E-state index contributed by atoms with van der Waals surface area (Å²) in [6, 6.07) is 16.7. The summed E-state index contributed by atoms with van der Waals surface area (Å²) in [5.41, 5.74) is 6.44. The van der Waals surface area contributed by atoms with E-state index in [2.05, 4.69) is 84.5 Å². The first-order valence-corrected chi connectivity index (χ1v) is 13.7. The molecule has 6 nitrogen and oxygen atoms in total. The van der Waals surface area contributed by atoms with Gasteiger partial charge in [-0.25, -0.2) is 4.98 Å². The Hall–Kier alpha value is -3.32. The summed E-state index contributed by atoms with van der Waals surface area (Å²) in [4.78, 5) is 36.7. The molecule has 0 amide bonds. The number of anilines is 2. The molecule has 0 saturated carbocycles. The number of aryl methyl sites for hydroxylation is 1. The van der Waals surface area contributed by atoms with Crippen molar-refractivity contribution in [2.75, 3.05) is 23.3 Å². The van der Waals surface area contributed by atoms with E-state index in [0.717, 1.165) is 48.5 Å². The van der Waals surface area contributed by atoms with Crippen LogP contribution in [0.2, 0.25) is 0 Å². The second kappa shape index (κ2) is 10.3. The molecule has 3 aromatic rings. The predicted octanol–water partition coefficient (Wildman–Crippen LogP) is 5.78. The second-order valence-corrected chi connectivity index (χ2v) is 10.4. The number of benzene rings is 2. The first-order chi connectivity index (χ1) is 17.5. The van der Waals surface area contributed by atoms with E-state index in [1.165, 1.54) is 22.9 Å². The molecular weight excluding hydrogens is 468 g/mol. The molecule has 7 heteroatoms. The highest BCUT2D eigenvalue weighted by Crippen LogP contribution is 2.43. The van der Waals surface area contributed by atoms with Gasteiger partial charge in [-0.15, -0.1) is 0 Å². The molecule has 2 N–H and O–H groups in total. The number of thioether (sulfide) groups is 1. The number of hydrogen-bond donors (Lipinski definition) is 2. The minimum Gasteiger partial charge on any atom is -0.372 e. The number of fused-ring (bicyclic) bond motifs is 1. The molecule has 0 spiro atoms. The molecule has 186 valence electrons. The highest BCUT2D eigenvalue weighted by molar-refractivity contribution is 7.98. The summed E-state index contributed by atoms with van der Waals surface area (Å²) in [5.74, 6) is 0.980. The Balaban J connectivity index is 1.52. The summed E-state index contributed by atoms with van der Waals surface area (Å²) in [6.45, 7) is 8.19. The van der Waals surface area contributed by atoms with Crippen LogP contribution in [0, 0.1) is 6.92 Å². The minimum absolute atomic E-state index is 0.115. The number of carbonyl (C=O) groups excluding carboxylic acids is 1. The lowest BCUT2D eigenvalue weighted by Crippen LogP contribution is -2.32. The Bertz CT molecular complexity index is 1360. The van der Waals surface area contributed by atoms with Gasteiger partial charge < -0.3 is 15.2 Å². The van der Waals surface area contributed by atoms with Gasteiger partial charge in [0, 0.05) is 48.1 Å². The van der Waals surface area contributed by atoms with E-state index in [1.54, 1.807) is 0 Å². The maximum Gasteiger partial charge on any atom is 0.257 e. The maximum atomic E-state index is 13.5. The van der Waals surface area contributed by atoms with Crippen molar-refractivity contribution in [3.63, 3.8) is 0 Å². The van der Waals surface area contributed by atoms with Crippen molar-refractivity contribution >= 4 is 29.1 Å². The summed E-state index contributed by atoms with van der Waals surface area (Å²) in [7, 11) is 0. The van der Waals surface area contributed by atoms with Crippen LogP contribution in [0.1, 0.15) is 61.3 Å². The molecule has 36 heavy (non-hydrogen) atoms. The summed E-state index contributed by atoms with van der Waals surface area (Å²) in [5, 5.41) is 3.95. The van der Waals surface area contributed by atoms with Crippen molar-refractivity contribution < 1.29 is 4.79 Å². The first-order valence-electron chi connectivity index (χ1n) is 12.7. The zero-order valence-corrected chi connectivity index (χ0v) is 21.9. The van der Waals surface area contributed by atoms with Gasteiger partial charge in [0.25, 0.3) is 5.56 Å². The number of allylic oxidation sites excluding steroid dienone is 2. The molecule has 2 heterocycles. The number of rotatable bonds is 7. The van der Waals surface area contributed by atoms with Crippen molar-refractivity contribution in [1.82, 2.24) is 9.97 Å². The molecule has 1 atom stereocenters. The smallest absolute Gasteiger partial charge is 0.257 e. The Kier molecular flexibility index (Phi) is 7.01. The topological polar surface area (TPSA) is 78.1 Å². The molecule has 1 aromatic heterocycles. The van der Waals surface area contributed by atoms with E-state index in [-0.39, 0.29) is 11.3 Å². The number of nitrogens with zero attached hydrogens (tertiary/aromatic N) is 2. The van der Waals surface area contributed by atoms with Crippen molar-refractivity contribution in [3.05, 3.63) is 92.4 Å². The van der Waals surface area contributed by atoms with Crippen molar-refractivity contribution in [2.45, 2.75) is 56.9 Å². The van der Waals surface area contributed by atoms with E-state index in [1.807, 2.05) is 0 Å². The van der Waals surface area contributed by atoms with Crippen LogP contribution >= 0.6 is 11.8 Å². The SMILES string of the molecule is CCN(CC)c1ccc(C2C3=C(CCCC3=O)Nc3nc(SCc4ccc(C)cc4)[nH]c(=O)c32)cc1. The Morgan fingerprint density at radius 3 is 2.42 bits per heavy atom. The number of Topliss-reactive ketones (excluding diaryl/α,β-unsaturated/α-hetero) is 1. The lowest BCUT2D eigenvalue weighted by Gasteiger charge is -2.33. The van der Waals surface area contributed by atoms with Crippen LogP contribution < -0.4 is 15.8 Å². The number of aromatic amines is 1. The first kappa shape index (κ1) is 24.4. The van der Waals surface area contributed by atoms with Gasteiger partial charge in [0.1, 0.15) is 5.82 Å². The fraction of sp³-hybridized carbons (Fsp3) is 0.345. The lowest BCUT2D eigenvalue weighted by molar-refractivity contribution is -0.116. The molecule has 1 aliphatic carbocycles. The third kappa shape index (κ3) is 4.72. The van der Waals surface area contributed by atoms with Crippen molar-refractivity contribution in [1.29, 1.82) is 0 Å². The quantitative estimate of drug-likeness (QED) is 0.316. The Labute approximate surface area is 216 Å². The molecule has 0 radical (unpaired) electrons. The van der Waals surface area contributed by atoms with Gasteiger partial charge in [0.2, 0.25) is 0 Å². The molecule has 0 bridgehead atoms. The number of nitrogens with one attached hydrogen (secondary N) is 2. The van der Waals surface area contributed by atoms with Gasteiger partial charge >= 0.3 is 0 Å². The third-order valence-corrected chi connectivity index (χ3v) is 8.03. The van der Waals surface area contributed by atoms with E-state index in [0.29, 0.717) is 28.7 Å². The summed E-state index contributed by atoms with van der Waals surface area (Å²) in [6.07, 6.45) is 2.11. The average Bonchev–Trinajstić information content (AvgIpc) is 2.88. The maximum absolute atomic E-state index is 13.5. The van der Waals surface area contributed by atoms with Gasteiger partial charge in [-0.05, 0) is 56.9 Å². The zero-order valence-electron chi connectivity index (χ0n) is 21.1. The number of carbonyl (C=O) groups is 1. The van der Waals surface area contributed by atoms with E-state index in [4.69, 9.17) is 4.98 Å². The normalized spacial score (nSPS) is 16.9. The molecule has 1 aliphatic heterocycles. The fourth-order valence-electron chi connectivity index (χ4n) is 5.14. The highest BCUT2D eigenvalue weighted by Gasteiger charge is 2.37. The van der Waals surface area contributed by atoms with Crippen LogP contribution in [0.3, 0.4) is 0 Å². The fourth-order valence-corrected chi connectivity index (χ4v) is 5.96. The number of aromatic nitrogens is 2. The summed E-state index contributed by atoms with van der Waals surface area (Å²) >= 11 is 1.51. The molecule has 2 aliphatic rings. The van der Waals surface area contributed by atoms with Crippen LogP contribution in [0.25, 0.3) is 0 Å². The van der Waals surface area contributed by atoms with Gasteiger partial charge in [0.15, 0.2) is 10.9 Å².